The average molecular weight is 469 g/mol. The lowest BCUT2D eigenvalue weighted by atomic mass is 9.88. The van der Waals surface area contributed by atoms with E-state index >= 15 is 0 Å². The molecule has 0 unspecified atom stereocenters. The highest BCUT2D eigenvalue weighted by atomic mass is 35.5. The van der Waals surface area contributed by atoms with Crippen LogP contribution in [0.4, 0.5) is 0 Å². The number of fused-ring (bicyclic) bond motifs is 3. The Hall–Kier alpha value is -2.83. The lowest BCUT2D eigenvalue weighted by Gasteiger charge is -2.42. The molecule has 1 amide bonds. The van der Waals surface area contributed by atoms with Gasteiger partial charge >= 0.3 is 5.97 Å². The molecule has 1 N–H and O–H groups in total. The lowest BCUT2D eigenvalue weighted by molar-refractivity contribution is -0.134. The number of esters is 1. The van der Waals surface area contributed by atoms with Gasteiger partial charge in [0.15, 0.2) is 0 Å². The molecule has 2 atom stereocenters. The van der Waals surface area contributed by atoms with Crippen molar-refractivity contribution >= 4 is 34.4 Å². The van der Waals surface area contributed by atoms with Gasteiger partial charge in [-0.25, -0.2) is 4.79 Å². The molecule has 0 spiro atoms. The standard InChI is InChI=1S/C26H29ClN2O4/c1-26(2,3)33-25(31)17-11-9-16(10-12-17)24-23-20(19-7-5-6-8-21(19)28-23)13-18(15-32-4)29(24)22(30)14-27/h5-12,18,24,28H,13-15H2,1-4H3/t18-,24+/m1/s1. The molecule has 6 nitrogen and oxygen atoms in total. The number of nitrogens with zero attached hydrogens (tertiary/aromatic N) is 1. The van der Waals surface area contributed by atoms with Gasteiger partial charge in [-0.15, -0.1) is 11.6 Å². The number of methoxy groups -OCH3 is 1. The summed E-state index contributed by atoms with van der Waals surface area (Å²) < 4.78 is 11.0. The number of nitrogens with one attached hydrogen (secondary N) is 1. The molecule has 7 heteroatoms. The fraction of sp³-hybridized carbons (Fsp3) is 0.385. The van der Waals surface area contributed by atoms with Gasteiger partial charge in [-0.2, -0.15) is 0 Å². The number of alkyl halides is 1. The summed E-state index contributed by atoms with van der Waals surface area (Å²) in [6, 6.07) is 14.8. The van der Waals surface area contributed by atoms with E-state index in [0.717, 1.165) is 22.2 Å². The molecule has 3 aromatic rings. The number of aromatic nitrogens is 1. The van der Waals surface area contributed by atoms with Crippen molar-refractivity contribution in [3.8, 4) is 0 Å². The van der Waals surface area contributed by atoms with E-state index in [2.05, 4.69) is 11.1 Å². The first kappa shape index (κ1) is 23.3. The predicted molar refractivity (Wildman–Crippen MR) is 129 cm³/mol. The van der Waals surface area contributed by atoms with E-state index in [9.17, 15) is 9.59 Å². The van der Waals surface area contributed by atoms with Crippen LogP contribution in [0.15, 0.2) is 48.5 Å². The maximum Gasteiger partial charge on any atom is 0.338 e. The summed E-state index contributed by atoms with van der Waals surface area (Å²) >= 11 is 6.03. The van der Waals surface area contributed by atoms with E-state index in [1.807, 2.05) is 56.0 Å². The first-order valence-electron chi connectivity index (χ1n) is 11.0. The number of amides is 1. The molecule has 0 bridgehead atoms. The number of benzene rings is 2. The molecule has 0 saturated heterocycles. The smallest absolute Gasteiger partial charge is 0.338 e. The number of halogens is 1. The van der Waals surface area contributed by atoms with Crippen LogP contribution in [0.3, 0.4) is 0 Å². The van der Waals surface area contributed by atoms with Crippen LogP contribution < -0.4 is 0 Å². The highest BCUT2D eigenvalue weighted by Gasteiger charge is 2.40. The molecule has 4 rings (SSSR count). The summed E-state index contributed by atoms with van der Waals surface area (Å²) in [7, 11) is 1.64. The minimum absolute atomic E-state index is 0.123. The van der Waals surface area contributed by atoms with Crippen LogP contribution in [0.2, 0.25) is 0 Å². The molecule has 0 fully saturated rings. The van der Waals surface area contributed by atoms with Crippen molar-refractivity contribution in [1.29, 1.82) is 0 Å². The normalized spacial score (nSPS) is 18.3. The number of carbonyl (C=O) groups is 2. The molecule has 0 saturated carbocycles. The van der Waals surface area contributed by atoms with Crippen LogP contribution >= 0.6 is 11.6 Å². The van der Waals surface area contributed by atoms with E-state index in [1.54, 1.807) is 19.2 Å². The van der Waals surface area contributed by atoms with Crippen LogP contribution in [0, 0.1) is 0 Å². The third-order valence-corrected chi connectivity index (χ3v) is 6.08. The molecule has 174 valence electrons. The molecule has 33 heavy (non-hydrogen) atoms. The van der Waals surface area contributed by atoms with Gasteiger partial charge in [-0.3, -0.25) is 4.79 Å². The van der Waals surface area contributed by atoms with E-state index < -0.39 is 5.60 Å². The fourth-order valence-electron chi connectivity index (χ4n) is 4.57. The molecule has 1 aliphatic heterocycles. The van der Waals surface area contributed by atoms with Gasteiger partial charge in [0, 0.05) is 23.7 Å². The number of H-pyrrole nitrogens is 1. The minimum Gasteiger partial charge on any atom is -0.456 e. The van der Waals surface area contributed by atoms with Crippen molar-refractivity contribution in [3.63, 3.8) is 0 Å². The summed E-state index contributed by atoms with van der Waals surface area (Å²) in [5.41, 5.74) is 3.93. The van der Waals surface area contributed by atoms with Crippen LogP contribution in [0.5, 0.6) is 0 Å². The maximum absolute atomic E-state index is 13.0. The number of carbonyl (C=O) groups excluding carboxylic acids is 2. The largest absolute Gasteiger partial charge is 0.456 e. The number of hydrogen-bond donors (Lipinski definition) is 1. The zero-order valence-corrected chi connectivity index (χ0v) is 20.1. The molecular formula is C26H29ClN2O4. The van der Waals surface area contributed by atoms with E-state index in [-0.39, 0.29) is 29.8 Å². The molecule has 0 aliphatic carbocycles. The number of aromatic amines is 1. The SMILES string of the molecule is COC[C@H]1Cc2c([nH]c3ccccc23)[C@H](c2ccc(C(=O)OC(C)(C)C)cc2)N1C(=O)CCl. The van der Waals surface area contributed by atoms with E-state index in [0.29, 0.717) is 18.6 Å². The van der Waals surface area contributed by atoms with Gasteiger partial charge in [-0.1, -0.05) is 30.3 Å². The summed E-state index contributed by atoms with van der Waals surface area (Å²) in [5.74, 6) is -0.665. The molecule has 2 aromatic carbocycles. The fourth-order valence-corrected chi connectivity index (χ4v) is 4.71. The van der Waals surface area contributed by atoms with Gasteiger partial charge in [0.2, 0.25) is 5.91 Å². The first-order chi connectivity index (χ1) is 15.7. The zero-order valence-electron chi connectivity index (χ0n) is 19.4. The Morgan fingerprint density at radius 2 is 1.82 bits per heavy atom. The van der Waals surface area contributed by atoms with Crippen molar-refractivity contribution in [2.45, 2.75) is 44.9 Å². The molecule has 2 heterocycles. The van der Waals surface area contributed by atoms with Crippen molar-refractivity contribution in [3.05, 3.63) is 70.9 Å². The second-order valence-corrected chi connectivity index (χ2v) is 9.60. The van der Waals surface area contributed by atoms with Crippen molar-refractivity contribution < 1.29 is 19.1 Å². The topological polar surface area (TPSA) is 71.6 Å². The summed E-state index contributed by atoms with van der Waals surface area (Å²) in [4.78, 5) is 30.9. The van der Waals surface area contributed by atoms with Crippen molar-refractivity contribution in [1.82, 2.24) is 9.88 Å². The molecule has 0 radical (unpaired) electrons. The monoisotopic (exact) mass is 468 g/mol. The second kappa shape index (κ2) is 9.20. The van der Waals surface area contributed by atoms with Crippen molar-refractivity contribution in [2.75, 3.05) is 19.6 Å². The summed E-state index contributed by atoms with van der Waals surface area (Å²) in [6.45, 7) is 5.91. The predicted octanol–water partition coefficient (Wildman–Crippen LogP) is 4.85. The van der Waals surface area contributed by atoms with Crippen LogP contribution in [0.25, 0.3) is 10.9 Å². The third-order valence-electron chi connectivity index (χ3n) is 5.85. The van der Waals surface area contributed by atoms with E-state index in [1.165, 1.54) is 5.56 Å². The quantitative estimate of drug-likeness (QED) is 0.429. The minimum atomic E-state index is -0.574. The number of ether oxygens (including phenoxy) is 2. The van der Waals surface area contributed by atoms with E-state index in [4.69, 9.17) is 21.1 Å². The highest BCUT2D eigenvalue weighted by molar-refractivity contribution is 6.27. The van der Waals surface area contributed by atoms with Crippen LogP contribution in [-0.4, -0.2) is 53.0 Å². The highest BCUT2D eigenvalue weighted by Crippen LogP contribution is 2.41. The average Bonchev–Trinajstić information content (AvgIpc) is 3.15. The Bertz CT molecular complexity index is 1160. The lowest BCUT2D eigenvalue weighted by Crippen LogP contribution is -2.50. The Balaban J connectivity index is 1.81. The van der Waals surface area contributed by atoms with Crippen molar-refractivity contribution in [2.24, 2.45) is 0 Å². The van der Waals surface area contributed by atoms with Gasteiger partial charge in [0.25, 0.3) is 0 Å². The van der Waals surface area contributed by atoms with Gasteiger partial charge in [0.05, 0.1) is 24.3 Å². The zero-order chi connectivity index (χ0) is 23.8. The molecular weight excluding hydrogens is 440 g/mol. The van der Waals surface area contributed by atoms with Crippen LogP contribution in [0.1, 0.15) is 54.0 Å². The Morgan fingerprint density at radius 1 is 1.12 bits per heavy atom. The molecule has 1 aromatic heterocycles. The Labute approximate surface area is 198 Å². The first-order valence-corrected chi connectivity index (χ1v) is 11.6. The second-order valence-electron chi connectivity index (χ2n) is 9.34. The van der Waals surface area contributed by atoms with Crippen LogP contribution in [-0.2, 0) is 20.7 Å². The Kier molecular flexibility index (Phi) is 6.50. The number of hydrogen-bond acceptors (Lipinski definition) is 4. The maximum atomic E-state index is 13.0. The molecule has 1 aliphatic rings. The van der Waals surface area contributed by atoms with Gasteiger partial charge in [0.1, 0.15) is 11.5 Å². The number of para-hydroxylation sites is 1. The van der Waals surface area contributed by atoms with Gasteiger partial charge in [-0.05, 0) is 56.5 Å². The third kappa shape index (κ3) is 4.63. The van der Waals surface area contributed by atoms with Gasteiger partial charge < -0.3 is 19.4 Å². The summed E-state index contributed by atoms with van der Waals surface area (Å²) in [5, 5.41) is 1.14. The Morgan fingerprint density at radius 3 is 2.45 bits per heavy atom. The summed E-state index contributed by atoms with van der Waals surface area (Å²) in [6.07, 6.45) is 0.669. The number of rotatable bonds is 5.